The molecule has 2 rings (SSSR count). The summed E-state index contributed by atoms with van der Waals surface area (Å²) in [5.74, 6) is -5.64. The molecule has 0 radical (unpaired) electrons. The van der Waals surface area contributed by atoms with Gasteiger partial charge in [0.1, 0.15) is 29.9 Å². The Hall–Kier alpha value is -4.98. The third kappa shape index (κ3) is 13.2. The lowest BCUT2D eigenvalue weighted by Crippen LogP contribution is -2.60. The maximum atomic E-state index is 13.9. The van der Waals surface area contributed by atoms with Crippen molar-refractivity contribution >= 4 is 35.5 Å². The molecule has 7 atom stereocenters. The molecule has 10 N–H and O–H groups in total. The molecule has 2 aromatic rings. The van der Waals surface area contributed by atoms with E-state index in [1.54, 1.807) is 57.2 Å². The Morgan fingerprint density at radius 3 is 1.73 bits per heavy atom. The molecule has 0 fully saturated rings. The van der Waals surface area contributed by atoms with E-state index in [1.807, 2.05) is 13.0 Å². The summed E-state index contributed by atoms with van der Waals surface area (Å²) in [7, 11) is 0. The molecule has 0 saturated carbocycles. The van der Waals surface area contributed by atoms with Gasteiger partial charge in [0.2, 0.25) is 29.5 Å². The van der Waals surface area contributed by atoms with Crippen molar-refractivity contribution in [2.75, 3.05) is 0 Å². The Morgan fingerprint density at radius 1 is 0.673 bits per heavy atom. The number of aromatic hydroxyl groups is 1. The van der Waals surface area contributed by atoms with Crippen molar-refractivity contribution in [1.29, 1.82) is 0 Å². The Kier molecular flexibility index (Phi) is 16.2. The summed E-state index contributed by atoms with van der Waals surface area (Å²) in [4.78, 5) is 77.6. The molecule has 14 nitrogen and oxygen atoms in total. The zero-order valence-corrected chi connectivity index (χ0v) is 28.5. The quantitative estimate of drug-likeness (QED) is 0.0987. The molecule has 0 unspecified atom stereocenters. The summed E-state index contributed by atoms with van der Waals surface area (Å²) in [6.07, 6.45) is 0.617. The van der Waals surface area contributed by atoms with Gasteiger partial charge in [-0.1, -0.05) is 83.0 Å². The number of rotatable bonds is 20. The number of amides is 5. The van der Waals surface area contributed by atoms with Crippen LogP contribution in [0.1, 0.15) is 64.5 Å². The van der Waals surface area contributed by atoms with Gasteiger partial charge < -0.3 is 42.9 Å². The van der Waals surface area contributed by atoms with E-state index in [9.17, 15) is 39.0 Å². The number of hydrogen-bond acceptors (Lipinski definition) is 8. The standard InChI is InChI=1S/C35H50N6O8/c1-5-20(3)29(34(47)41-30(35(48)49)21(4)6-2)40-33(46)27(19-23-12-14-24(42)15-13-23)39-32(45)26(16-17-28(37)43)38-31(44)25(36)18-22-10-8-7-9-11-22/h7-15,20-21,25-27,29-30,42H,5-6,16-19,36H2,1-4H3,(H2,37,43)(H,38,44)(H,39,45)(H,40,46)(H,41,47)(H,48,49)/t20-,21-,25-,26-,27-,29-,30-/m0/s1. The minimum atomic E-state index is -1.30. The van der Waals surface area contributed by atoms with Gasteiger partial charge in [0, 0.05) is 12.8 Å². The summed E-state index contributed by atoms with van der Waals surface area (Å²) < 4.78 is 0. The minimum absolute atomic E-state index is 0.0161. The molecule has 0 saturated heterocycles. The number of phenolic OH excluding ortho intramolecular Hbond substituents is 1. The lowest BCUT2D eigenvalue weighted by atomic mass is 9.94. The average molecular weight is 683 g/mol. The van der Waals surface area contributed by atoms with Gasteiger partial charge in [-0.25, -0.2) is 4.79 Å². The molecular weight excluding hydrogens is 632 g/mol. The number of carboxylic acid groups (broad SMARTS) is 1. The molecule has 0 aliphatic rings. The second-order valence-electron chi connectivity index (χ2n) is 12.4. The normalized spacial score (nSPS) is 15.3. The molecule has 0 aromatic heterocycles. The van der Waals surface area contributed by atoms with Crippen molar-refractivity contribution in [3.63, 3.8) is 0 Å². The molecule has 49 heavy (non-hydrogen) atoms. The second-order valence-corrected chi connectivity index (χ2v) is 12.4. The summed E-state index contributed by atoms with van der Waals surface area (Å²) in [5.41, 5.74) is 12.8. The van der Waals surface area contributed by atoms with Crippen LogP contribution in [-0.4, -0.2) is 75.9 Å². The Morgan fingerprint density at radius 2 is 1.18 bits per heavy atom. The number of carbonyl (C=O) groups is 6. The van der Waals surface area contributed by atoms with E-state index in [-0.39, 0.29) is 37.4 Å². The number of primary amides is 1. The van der Waals surface area contributed by atoms with Gasteiger partial charge >= 0.3 is 5.97 Å². The highest BCUT2D eigenvalue weighted by Gasteiger charge is 2.35. The Balaban J connectivity index is 2.36. The lowest BCUT2D eigenvalue weighted by Gasteiger charge is -2.29. The van der Waals surface area contributed by atoms with Crippen LogP contribution in [0.25, 0.3) is 0 Å². The van der Waals surface area contributed by atoms with Gasteiger partial charge in [-0.3, -0.25) is 24.0 Å². The largest absolute Gasteiger partial charge is 0.508 e. The van der Waals surface area contributed by atoms with E-state index >= 15 is 0 Å². The predicted molar refractivity (Wildman–Crippen MR) is 183 cm³/mol. The first-order chi connectivity index (χ1) is 23.2. The van der Waals surface area contributed by atoms with Crippen molar-refractivity contribution < 1.29 is 39.0 Å². The number of nitrogens with one attached hydrogen (secondary N) is 4. The van der Waals surface area contributed by atoms with E-state index in [2.05, 4.69) is 21.3 Å². The fourth-order valence-corrected chi connectivity index (χ4v) is 5.03. The SMILES string of the molecule is CC[C@H](C)[C@H](NC(=O)[C@@H](NC(=O)[C@H](Cc1ccc(O)cc1)NC(=O)[C@H](CCC(N)=O)NC(=O)[C@@H](N)Cc1ccccc1)[C@@H](C)CC)C(=O)O. The molecule has 268 valence electrons. The van der Waals surface area contributed by atoms with Crippen molar-refractivity contribution in [1.82, 2.24) is 21.3 Å². The monoisotopic (exact) mass is 682 g/mol. The van der Waals surface area contributed by atoms with Gasteiger partial charge in [-0.15, -0.1) is 0 Å². The molecule has 2 aromatic carbocycles. The summed E-state index contributed by atoms with van der Waals surface area (Å²) >= 11 is 0. The molecule has 14 heteroatoms. The van der Waals surface area contributed by atoms with Crippen LogP contribution in [0.5, 0.6) is 5.75 Å². The zero-order valence-electron chi connectivity index (χ0n) is 28.5. The fraction of sp³-hybridized carbons (Fsp3) is 0.486. The number of hydrogen-bond donors (Lipinski definition) is 8. The molecule has 0 spiro atoms. The topological polar surface area (TPSA) is 243 Å². The molecule has 0 bridgehead atoms. The molecular formula is C35H50N6O8. The Bertz CT molecular complexity index is 1420. The molecule has 5 amide bonds. The van der Waals surface area contributed by atoms with Crippen molar-refractivity contribution in [3.05, 3.63) is 65.7 Å². The van der Waals surface area contributed by atoms with E-state index in [4.69, 9.17) is 11.5 Å². The molecule has 0 heterocycles. The van der Waals surface area contributed by atoms with Gasteiger partial charge in [0.15, 0.2) is 0 Å². The minimum Gasteiger partial charge on any atom is -0.508 e. The summed E-state index contributed by atoms with van der Waals surface area (Å²) in [6.45, 7) is 7.03. The number of benzene rings is 2. The highest BCUT2D eigenvalue weighted by molar-refractivity contribution is 5.96. The number of carbonyl (C=O) groups excluding carboxylic acids is 5. The highest BCUT2D eigenvalue weighted by atomic mass is 16.4. The molecule has 0 aliphatic heterocycles. The van der Waals surface area contributed by atoms with E-state index in [0.717, 1.165) is 5.56 Å². The fourth-order valence-electron chi connectivity index (χ4n) is 5.03. The predicted octanol–water partition coefficient (Wildman–Crippen LogP) is 0.886. The first kappa shape index (κ1) is 40.2. The van der Waals surface area contributed by atoms with Crippen LogP contribution in [0.15, 0.2) is 54.6 Å². The lowest BCUT2D eigenvalue weighted by molar-refractivity contribution is -0.144. The van der Waals surface area contributed by atoms with Crippen LogP contribution < -0.4 is 32.7 Å². The number of carboxylic acids is 1. The summed E-state index contributed by atoms with van der Waals surface area (Å²) in [5, 5.41) is 29.9. The number of aliphatic carboxylic acids is 1. The maximum Gasteiger partial charge on any atom is 0.326 e. The van der Waals surface area contributed by atoms with Crippen molar-refractivity contribution in [2.45, 2.75) is 96.4 Å². The van der Waals surface area contributed by atoms with Gasteiger partial charge in [-0.2, -0.15) is 0 Å². The van der Waals surface area contributed by atoms with Crippen LogP contribution in [0.3, 0.4) is 0 Å². The smallest absolute Gasteiger partial charge is 0.326 e. The van der Waals surface area contributed by atoms with Crippen molar-refractivity contribution in [3.8, 4) is 5.75 Å². The first-order valence-corrected chi connectivity index (χ1v) is 16.5. The average Bonchev–Trinajstić information content (AvgIpc) is 3.07. The highest BCUT2D eigenvalue weighted by Crippen LogP contribution is 2.15. The van der Waals surface area contributed by atoms with Crippen LogP contribution in [0.4, 0.5) is 0 Å². The number of nitrogens with two attached hydrogens (primary N) is 2. The van der Waals surface area contributed by atoms with Gasteiger partial charge in [0.25, 0.3) is 0 Å². The van der Waals surface area contributed by atoms with E-state index < -0.39 is 71.6 Å². The van der Waals surface area contributed by atoms with Crippen LogP contribution >= 0.6 is 0 Å². The van der Waals surface area contributed by atoms with Gasteiger partial charge in [-0.05, 0) is 47.9 Å². The maximum absolute atomic E-state index is 13.9. The zero-order chi connectivity index (χ0) is 36.7. The van der Waals surface area contributed by atoms with Crippen molar-refractivity contribution in [2.24, 2.45) is 23.3 Å². The van der Waals surface area contributed by atoms with Crippen LogP contribution in [-0.2, 0) is 41.6 Å². The first-order valence-electron chi connectivity index (χ1n) is 16.5. The third-order valence-electron chi connectivity index (χ3n) is 8.53. The number of phenols is 1. The third-order valence-corrected chi connectivity index (χ3v) is 8.53. The van der Waals surface area contributed by atoms with E-state index in [0.29, 0.717) is 18.4 Å². The molecule has 0 aliphatic carbocycles. The second kappa shape index (κ2) is 19.7. The summed E-state index contributed by atoms with van der Waals surface area (Å²) in [6, 6.07) is 9.00. The van der Waals surface area contributed by atoms with E-state index in [1.165, 1.54) is 12.1 Å². The Labute approximate surface area is 286 Å². The van der Waals surface area contributed by atoms with Crippen LogP contribution in [0.2, 0.25) is 0 Å². The van der Waals surface area contributed by atoms with Crippen LogP contribution in [0, 0.1) is 11.8 Å². The van der Waals surface area contributed by atoms with Gasteiger partial charge in [0.05, 0.1) is 6.04 Å².